The first-order valence-corrected chi connectivity index (χ1v) is 25.5. The first-order chi connectivity index (χ1) is 37.7. The molecule has 0 amide bonds. The molecule has 2 atom stereocenters. The van der Waals surface area contributed by atoms with Gasteiger partial charge in [0.15, 0.2) is 11.6 Å². The van der Waals surface area contributed by atoms with E-state index in [0.717, 1.165) is 100 Å². The van der Waals surface area contributed by atoms with Gasteiger partial charge in [-0.2, -0.15) is 0 Å². The van der Waals surface area contributed by atoms with Crippen molar-refractivity contribution >= 4 is 22.1 Å². The lowest BCUT2D eigenvalue weighted by molar-refractivity contribution is 0.754. The van der Waals surface area contributed by atoms with Crippen LogP contribution in [0.5, 0.6) is 0 Å². The molecule has 0 spiro atoms. The highest BCUT2D eigenvalue weighted by Gasteiger charge is 2.41. The molecule has 0 saturated carbocycles. The van der Waals surface area contributed by atoms with Crippen LogP contribution in [0.25, 0.3) is 112 Å². The minimum atomic E-state index is -0.00650. The fraction of sp³-hybridized carbons (Fsp3) is 0.0294. The zero-order valence-electron chi connectivity index (χ0n) is 40.8. The highest BCUT2D eigenvalue weighted by atomic mass is 14.9. The Morgan fingerprint density at radius 2 is 0.605 bits per heavy atom. The van der Waals surface area contributed by atoms with E-state index in [9.17, 15) is 0 Å². The maximum absolute atomic E-state index is 5.44. The monoisotopic (exact) mass is 970 g/mol. The van der Waals surface area contributed by atoms with Gasteiger partial charge >= 0.3 is 0 Å². The van der Waals surface area contributed by atoms with Crippen LogP contribution < -0.4 is 0 Å². The van der Waals surface area contributed by atoms with Gasteiger partial charge < -0.3 is 0 Å². The Bertz CT molecular complexity index is 4150. The molecule has 9 aromatic carbocycles. The number of benzene rings is 9. The molecule has 16 rings (SSSR count). The standard InChI is InChI=1S/C68H42N8/c1-3-15-41(16-4-1)59-39-61(47-21-9-7-19-45(47)53-25-13-27-57-65(53)71-35-33-69-57)75-67(73-59)43-29-31-51-55(37-43)63-49-23-11-12-24-50(49)64(51)56-38-44(30-32-52(56)63)68-74-60(42-17-5-2-6-18-42)40-62(76-68)48-22-10-8-20-46(48)54-26-14-28-58-66(54)72-36-34-70-58/h1-40,63-64H. The fourth-order valence-corrected chi connectivity index (χ4v) is 11.7. The van der Waals surface area contributed by atoms with E-state index in [4.69, 9.17) is 29.9 Å². The molecule has 0 radical (unpaired) electrons. The SMILES string of the molecule is c1ccc(-c2cc(-c3ccccc3-c3cccc4nccnc34)nc(-c3ccc4c(c3)C3c5ccccc5C4c4cc(-c5nc(-c6ccccc6)cc(-c6ccccc6-c6cccc7nccnc67)n5)ccc43)n2)cc1. The molecular formula is C68H42N8. The van der Waals surface area contributed by atoms with Gasteiger partial charge in [0, 0.05) is 81.1 Å². The predicted molar refractivity (Wildman–Crippen MR) is 302 cm³/mol. The number of aromatic nitrogens is 8. The maximum Gasteiger partial charge on any atom is 0.160 e. The summed E-state index contributed by atoms with van der Waals surface area (Å²) >= 11 is 0. The van der Waals surface area contributed by atoms with Crippen molar-refractivity contribution in [3.05, 3.63) is 277 Å². The summed E-state index contributed by atoms with van der Waals surface area (Å²) in [4.78, 5) is 40.4. The second-order valence-electron chi connectivity index (χ2n) is 19.4. The van der Waals surface area contributed by atoms with E-state index in [2.05, 4.69) is 192 Å². The summed E-state index contributed by atoms with van der Waals surface area (Å²) in [5.41, 5.74) is 24.5. The maximum atomic E-state index is 5.44. The van der Waals surface area contributed by atoms with E-state index in [1.807, 2.05) is 36.4 Å². The molecule has 0 aliphatic heterocycles. The van der Waals surface area contributed by atoms with Crippen LogP contribution in [0.1, 0.15) is 45.2 Å². The van der Waals surface area contributed by atoms with Crippen molar-refractivity contribution in [3.8, 4) is 90.1 Å². The second-order valence-corrected chi connectivity index (χ2v) is 19.4. The summed E-state index contributed by atoms with van der Waals surface area (Å²) in [6.45, 7) is 0. The van der Waals surface area contributed by atoms with Crippen LogP contribution in [-0.2, 0) is 0 Å². The van der Waals surface area contributed by atoms with Gasteiger partial charge in [0.1, 0.15) is 0 Å². The van der Waals surface area contributed by atoms with Crippen molar-refractivity contribution in [3.63, 3.8) is 0 Å². The van der Waals surface area contributed by atoms with Crippen molar-refractivity contribution in [2.75, 3.05) is 0 Å². The zero-order valence-corrected chi connectivity index (χ0v) is 40.8. The normalized spacial score (nSPS) is 14.1. The molecule has 3 aliphatic rings. The number of hydrogen-bond donors (Lipinski definition) is 0. The van der Waals surface area contributed by atoms with E-state index >= 15 is 0 Å². The number of nitrogens with zero attached hydrogens (tertiary/aromatic N) is 8. The predicted octanol–water partition coefficient (Wildman–Crippen LogP) is 15.5. The number of rotatable bonds is 8. The van der Waals surface area contributed by atoms with Crippen molar-refractivity contribution in [1.82, 2.24) is 39.9 Å². The third-order valence-corrected chi connectivity index (χ3v) is 15.1. The number of fused-ring (bicyclic) bond motifs is 2. The van der Waals surface area contributed by atoms with E-state index in [1.165, 1.54) is 33.4 Å². The Labute approximate surface area is 438 Å². The lowest BCUT2D eigenvalue weighted by atomic mass is 9.61. The minimum absolute atomic E-state index is 0.00650. The van der Waals surface area contributed by atoms with Crippen molar-refractivity contribution < 1.29 is 0 Å². The number of hydrogen-bond acceptors (Lipinski definition) is 8. The largest absolute Gasteiger partial charge is 0.253 e. The third-order valence-electron chi connectivity index (χ3n) is 15.1. The summed E-state index contributed by atoms with van der Waals surface area (Å²) in [5, 5.41) is 0. The lowest BCUT2D eigenvalue weighted by Gasteiger charge is -2.42. The second kappa shape index (κ2) is 17.8. The van der Waals surface area contributed by atoms with Crippen molar-refractivity contribution in [2.45, 2.75) is 11.8 Å². The summed E-state index contributed by atoms with van der Waals surface area (Å²) in [6, 6.07) is 76.8. The molecule has 4 aromatic heterocycles. The first kappa shape index (κ1) is 43.4. The summed E-state index contributed by atoms with van der Waals surface area (Å²) in [6.07, 6.45) is 6.98. The van der Waals surface area contributed by atoms with Gasteiger partial charge in [-0.05, 0) is 80.9 Å². The van der Waals surface area contributed by atoms with E-state index < -0.39 is 0 Å². The topological polar surface area (TPSA) is 103 Å². The average Bonchev–Trinajstić information content (AvgIpc) is 3.56. The molecule has 3 aliphatic carbocycles. The molecule has 76 heavy (non-hydrogen) atoms. The molecule has 4 heterocycles. The average molecular weight is 971 g/mol. The van der Waals surface area contributed by atoms with E-state index in [1.54, 1.807) is 24.8 Å². The molecule has 8 nitrogen and oxygen atoms in total. The number of para-hydroxylation sites is 2. The molecule has 13 aromatic rings. The Kier molecular flexibility index (Phi) is 10.2. The van der Waals surface area contributed by atoms with Gasteiger partial charge in [-0.3, -0.25) is 19.9 Å². The van der Waals surface area contributed by atoms with Crippen LogP contribution in [0.4, 0.5) is 0 Å². The van der Waals surface area contributed by atoms with Crippen molar-refractivity contribution in [1.29, 1.82) is 0 Å². The molecule has 0 N–H and O–H groups in total. The highest BCUT2D eigenvalue weighted by Crippen LogP contribution is 2.57. The lowest BCUT2D eigenvalue weighted by Crippen LogP contribution is -2.27. The Balaban J connectivity index is 0.862. The summed E-state index contributed by atoms with van der Waals surface area (Å²) < 4.78 is 0. The van der Waals surface area contributed by atoms with Gasteiger partial charge in [-0.15, -0.1) is 0 Å². The zero-order chi connectivity index (χ0) is 50.1. The van der Waals surface area contributed by atoms with Crippen LogP contribution >= 0.6 is 0 Å². The molecule has 354 valence electrons. The van der Waals surface area contributed by atoms with E-state index in [0.29, 0.717) is 11.6 Å². The Morgan fingerprint density at radius 3 is 1.07 bits per heavy atom. The van der Waals surface area contributed by atoms with Crippen LogP contribution in [0, 0.1) is 0 Å². The molecule has 0 saturated heterocycles. The van der Waals surface area contributed by atoms with E-state index in [-0.39, 0.29) is 11.8 Å². The van der Waals surface area contributed by atoms with Crippen molar-refractivity contribution in [2.24, 2.45) is 0 Å². The Morgan fingerprint density at radius 1 is 0.237 bits per heavy atom. The third kappa shape index (κ3) is 7.22. The van der Waals surface area contributed by atoms with Crippen LogP contribution in [-0.4, -0.2) is 39.9 Å². The van der Waals surface area contributed by atoms with Gasteiger partial charge in [-0.1, -0.05) is 182 Å². The highest BCUT2D eigenvalue weighted by molar-refractivity contribution is 5.98. The fourth-order valence-electron chi connectivity index (χ4n) is 11.7. The molecule has 0 fully saturated rings. The Hall–Kier alpha value is -10.2. The van der Waals surface area contributed by atoms with Crippen LogP contribution in [0.3, 0.4) is 0 Å². The molecule has 2 bridgehead atoms. The summed E-state index contributed by atoms with van der Waals surface area (Å²) in [5.74, 6) is 1.32. The smallest absolute Gasteiger partial charge is 0.160 e. The molecular weight excluding hydrogens is 929 g/mol. The van der Waals surface area contributed by atoms with Gasteiger partial charge in [0.05, 0.1) is 44.8 Å². The van der Waals surface area contributed by atoms with Crippen LogP contribution in [0.15, 0.2) is 243 Å². The van der Waals surface area contributed by atoms with Crippen LogP contribution in [0.2, 0.25) is 0 Å². The van der Waals surface area contributed by atoms with Gasteiger partial charge in [0.25, 0.3) is 0 Å². The minimum Gasteiger partial charge on any atom is -0.253 e. The molecule has 8 heteroatoms. The summed E-state index contributed by atoms with van der Waals surface area (Å²) in [7, 11) is 0. The van der Waals surface area contributed by atoms with Gasteiger partial charge in [0.2, 0.25) is 0 Å². The van der Waals surface area contributed by atoms with Gasteiger partial charge in [-0.25, -0.2) is 19.9 Å². The quantitative estimate of drug-likeness (QED) is 0.148. The first-order valence-electron chi connectivity index (χ1n) is 25.5. The molecule has 2 unspecified atom stereocenters.